The second-order valence-corrected chi connectivity index (χ2v) is 7.13. The van der Waals surface area contributed by atoms with E-state index >= 15 is 0 Å². The number of aromatic amines is 1. The number of thiophene rings is 1. The Morgan fingerprint density at radius 3 is 2.80 bits per heavy atom. The van der Waals surface area contributed by atoms with E-state index in [1.165, 1.54) is 6.07 Å². The number of rotatable bonds is 6. The molecule has 8 heteroatoms. The molecule has 6 nitrogen and oxygen atoms in total. The van der Waals surface area contributed by atoms with Gasteiger partial charge < -0.3 is 14.6 Å². The van der Waals surface area contributed by atoms with Crippen LogP contribution in [0.25, 0.3) is 10.9 Å². The van der Waals surface area contributed by atoms with E-state index in [0.717, 1.165) is 32.1 Å². The first-order chi connectivity index (χ1) is 12.0. The van der Waals surface area contributed by atoms with E-state index in [1.807, 2.05) is 24.3 Å². The lowest BCUT2D eigenvalue weighted by Gasteiger charge is -2.30. The molecule has 0 saturated carbocycles. The number of carboxylic acids is 1. The number of hydrogen-bond donors (Lipinski definition) is 2. The summed E-state index contributed by atoms with van der Waals surface area (Å²) in [5, 5.41) is 10.8. The van der Waals surface area contributed by atoms with E-state index < -0.39 is 23.3 Å². The largest absolute Gasteiger partial charge is 0.755 e. The molecule has 2 unspecified atom stereocenters. The van der Waals surface area contributed by atoms with Gasteiger partial charge in [0.1, 0.15) is 11.0 Å². The minimum absolute atomic E-state index is 0.0244. The zero-order valence-corrected chi connectivity index (χ0v) is 14.5. The second-order valence-electron chi connectivity index (χ2n) is 5.24. The number of H-pyrrole nitrogens is 1. The molecule has 2 atom stereocenters. The molecule has 0 aliphatic rings. The molecule has 0 aliphatic heterocycles. The summed E-state index contributed by atoms with van der Waals surface area (Å²) in [7, 11) is 0. The second kappa shape index (κ2) is 7.11. The summed E-state index contributed by atoms with van der Waals surface area (Å²) >= 11 is -1.70. The van der Waals surface area contributed by atoms with Crippen molar-refractivity contribution < 1.29 is 18.7 Å². The fourth-order valence-corrected chi connectivity index (χ4v) is 4.28. The van der Waals surface area contributed by atoms with Crippen LogP contribution in [0.15, 0.2) is 42.6 Å². The monoisotopic (exact) mass is 373 g/mol. The number of benzene rings is 1. The molecule has 3 rings (SSSR count). The third-order valence-corrected chi connectivity index (χ3v) is 5.67. The van der Waals surface area contributed by atoms with Crippen LogP contribution in [0.1, 0.15) is 10.4 Å². The molecule has 128 valence electrons. The molecular weight excluding hydrogens is 360 g/mol. The lowest BCUT2D eigenvalue weighted by atomic mass is 10.1. The summed E-state index contributed by atoms with van der Waals surface area (Å²) in [5.41, 5.74) is 1.59. The van der Waals surface area contributed by atoms with Crippen LogP contribution in [0.5, 0.6) is 0 Å². The summed E-state index contributed by atoms with van der Waals surface area (Å²) in [5.74, 6) is 1.19. The molecule has 2 aromatic heterocycles. The maximum atomic E-state index is 11.8. The summed E-state index contributed by atoms with van der Waals surface area (Å²) in [6.07, 6.45) is 7.04. The molecule has 1 aromatic carbocycles. The van der Waals surface area contributed by atoms with Gasteiger partial charge in [-0.2, -0.15) is 0 Å². The molecule has 0 amide bonds. The number of nitrogens with zero attached hydrogens (tertiary/aromatic N) is 1. The molecule has 0 aliphatic carbocycles. The standard InChI is InChI=1S/C17H14N2O4S2/c1-2-12-7-8-16(24-12)19(25(22)23)15(17(20)21)9-11-10-18-14-6-4-3-5-13(11)14/h1,3-8,10,15,18H,9H2,(H,20,21)(H,22,23)/p-1. The highest BCUT2D eigenvalue weighted by Crippen LogP contribution is 2.30. The molecule has 0 bridgehead atoms. The molecule has 3 aromatic rings. The number of carboxylic acid groups (broad SMARTS) is 1. The van der Waals surface area contributed by atoms with Gasteiger partial charge in [0.15, 0.2) is 0 Å². The smallest absolute Gasteiger partial charge is 0.327 e. The molecule has 0 spiro atoms. The van der Waals surface area contributed by atoms with Gasteiger partial charge in [-0.05, 0) is 23.8 Å². The Bertz CT molecular complexity index is 986. The number of carbonyl (C=O) groups is 1. The number of hydrogen-bond acceptors (Lipinski definition) is 4. The van der Waals surface area contributed by atoms with Crippen LogP contribution in [0.3, 0.4) is 0 Å². The number of anilines is 1. The normalized spacial score (nSPS) is 13.3. The highest BCUT2D eigenvalue weighted by molar-refractivity contribution is 7.81. The van der Waals surface area contributed by atoms with Gasteiger partial charge in [-0.3, -0.25) is 8.51 Å². The molecule has 25 heavy (non-hydrogen) atoms. The summed E-state index contributed by atoms with van der Waals surface area (Å²) in [4.78, 5) is 15.4. The minimum atomic E-state index is -2.75. The number of para-hydroxylation sites is 1. The Balaban J connectivity index is 1.99. The van der Waals surface area contributed by atoms with Crippen molar-refractivity contribution in [2.75, 3.05) is 4.31 Å². The maximum Gasteiger partial charge on any atom is 0.327 e. The fourth-order valence-electron chi connectivity index (χ4n) is 2.63. The first-order valence-electron chi connectivity index (χ1n) is 7.24. The van der Waals surface area contributed by atoms with Crippen molar-refractivity contribution in [1.82, 2.24) is 4.98 Å². The van der Waals surface area contributed by atoms with Crippen molar-refractivity contribution in [1.29, 1.82) is 0 Å². The van der Waals surface area contributed by atoms with Gasteiger partial charge in [-0.1, -0.05) is 24.1 Å². The third-order valence-electron chi connectivity index (χ3n) is 3.77. The molecule has 2 N–H and O–H groups in total. The number of nitrogens with one attached hydrogen (secondary N) is 1. The van der Waals surface area contributed by atoms with Crippen molar-refractivity contribution in [2.45, 2.75) is 12.5 Å². The summed E-state index contributed by atoms with van der Waals surface area (Å²) < 4.78 is 24.3. The Kier molecular flexibility index (Phi) is 4.90. The van der Waals surface area contributed by atoms with Gasteiger partial charge >= 0.3 is 5.97 Å². The van der Waals surface area contributed by atoms with Gasteiger partial charge in [0.05, 0.1) is 4.88 Å². The van der Waals surface area contributed by atoms with Gasteiger partial charge in [-0.15, -0.1) is 17.8 Å². The number of fused-ring (bicyclic) bond motifs is 1. The van der Waals surface area contributed by atoms with E-state index in [2.05, 4.69) is 10.9 Å². The first kappa shape index (κ1) is 17.2. The number of terminal acetylenes is 1. The Morgan fingerprint density at radius 1 is 1.40 bits per heavy atom. The van der Waals surface area contributed by atoms with Crippen LogP contribution in [-0.2, 0) is 22.5 Å². The zero-order chi connectivity index (χ0) is 18.0. The van der Waals surface area contributed by atoms with E-state index in [4.69, 9.17) is 6.42 Å². The van der Waals surface area contributed by atoms with Crippen molar-refractivity contribution >= 4 is 44.5 Å². The molecule has 0 fully saturated rings. The Hall–Kier alpha value is -2.60. The molecule has 0 radical (unpaired) electrons. The molecular formula is C17H13N2O4S2-. The van der Waals surface area contributed by atoms with Crippen LogP contribution in [0, 0.1) is 12.3 Å². The summed E-state index contributed by atoms with van der Waals surface area (Å²) in [6, 6.07) is 9.27. The fraction of sp³-hybridized carbons (Fsp3) is 0.118. The van der Waals surface area contributed by atoms with E-state index in [-0.39, 0.29) is 11.4 Å². The Labute approximate surface area is 150 Å². The average molecular weight is 373 g/mol. The highest BCUT2D eigenvalue weighted by atomic mass is 32.2. The van der Waals surface area contributed by atoms with E-state index in [9.17, 15) is 18.7 Å². The van der Waals surface area contributed by atoms with Gasteiger partial charge in [0.25, 0.3) is 0 Å². The van der Waals surface area contributed by atoms with Crippen molar-refractivity contribution in [3.8, 4) is 12.3 Å². The van der Waals surface area contributed by atoms with Crippen LogP contribution >= 0.6 is 11.3 Å². The lowest BCUT2D eigenvalue weighted by molar-refractivity contribution is -0.138. The maximum absolute atomic E-state index is 11.8. The molecule has 0 saturated heterocycles. The van der Waals surface area contributed by atoms with E-state index in [1.54, 1.807) is 12.3 Å². The average Bonchev–Trinajstić information content (AvgIpc) is 3.21. The SMILES string of the molecule is C#Cc1ccc(N(C(Cc2c[nH]c3ccccc23)C(=O)O)S(=O)[O-])s1. The zero-order valence-electron chi connectivity index (χ0n) is 12.8. The van der Waals surface area contributed by atoms with Crippen molar-refractivity contribution in [3.63, 3.8) is 0 Å². The van der Waals surface area contributed by atoms with Gasteiger partial charge in [0.2, 0.25) is 0 Å². The highest BCUT2D eigenvalue weighted by Gasteiger charge is 2.29. The Morgan fingerprint density at radius 2 is 2.16 bits per heavy atom. The topological polar surface area (TPSA) is 96.5 Å². The predicted molar refractivity (Wildman–Crippen MR) is 97.1 cm³/mol. The van der Waals surface area contributed by atoms with Gasteiger partial charge in [0, 0.05) is 34.8 Å². The summed E-state index contributed by atoms with van der Waals surface area (Å²) in [6.45, 7) is 0. The predicted octanol–water partition coefficient (Wildman–Crippen LogP) is 2.51. The van der Waals surface area contributed by atoms with Crippen LogP contribution in [0.4, 0.5) is 5.00 Å². The quantitative estimate of drug-likeness (QED) is 0.512. The number of aliphatic carboxylic acids is 1. The first-order valence-corrected chi connectivity index (χ1v) is 9.09. The number of aromatic nitrogens is 1. The van der Waals surface area contributed by atoms with Crippen molar-refractivity contribution in [2.24, 2.45) is 0 Å². The van der Waals surface area contributed by atoms with Crippen LogP contribution in [0.2, 0.25) is 0 Å². The van der Waals surface area contributed by atoms with Gasteiger partial charge in [-0.25, -0.2) is 4.79 Å². The van der Waals surface area contributed by atoms with Crippen LogP contribution in [-0.4, -0.2) is 30.9 Å². The molecule has 2 heterocycles. The lowest BCUT2D eigenvalue weighted by Crippen LogP contribution is -2.43. The van der Waals surface area contributed by atoms with Crippen molar-refractivity contribution in [3.05, 3.63) is 53.0 Å². The van der Waals surface area contributed by atoms with Crippen LogP contribution < -0.4 is 4.31 Å². The minimum Gasteiger partial charge on any atom is -0.755 e. The third kappa shape index (κ3) is 3.44. The van der Waals surface area contributed by atoms with E-state index in [0.29, 0.717) is 4.88 Å².